The quantitative estimate of drug-likeness (QED) is 0.706. The standard InChI is InChI=1S/C13H13Cl2N3O3S/c14-9-5-8(6-10(15)13(9)16)22(20,21)18-7-12(19)11-3-1-2-4-17-11/h1-6,12,18-19H,7,16H2/t12-/m0/s1. The molecule has 1 aromatic heterocycles. The molecule has 9 heteroatoms. The third kappa shape index (κ3) is 3.88. The van der Waals surface area contributed by atoms with Crippen molar-refractivity contribution in [3.8, 4) is 0 Å². The molecule has 1 atom stereocenters. The Bertz CT molecular complexity index is 746. The fourth-order valence-corrected chi connectivity index (χ4v) is 3.37. The molecule has 0 unspecified atom stereocenters. The second kappa shape index (κ2) is 6.80. The molecule has 0 amide bonds. The number of nitrogens with two attached hydrogens (primary N) is 1. The Morgan fingerprint density at radius 1 is 1.27 bits per heavy atom. The zero-order valence-corrected chi connectivity index (χ0v) is 13.5. The molecule has 0 aliphatic heterocycles. The molecule has 1 heterocycles. The van der Waals surface area contributed by atoms with Crippen LogP contribution in [-0.2, 0) is 10.0 Å². The lowest BCUT2D eigenvalue weighted by Gasteiger charge is -2.12. The van der Waals surface area contributed by atoms with Gasteiger partial charge in [-0.25, -0.2) is 13.1 Å². The Kier molecular flexibility index (Phi) is 5.25. The van der Waals surface area contributed by atoms with Gasteiger partial charge >= 0.3 is 0 Å². The van der Waals surface area contributed by atoms with Crippen molar-refractivity contribution in [1.82, 2.24) is 9.71 Å². The van der Waals surface area contributed by atoms with E-state index in [1.54, 1.807) is 18.2 Å². The second-order valence-electron chi connectivity index (χ2n) is 4.42. The molecule has 0 radical (unpaired) electrons. The number of hydrogen-bond donors (Lipinski definition) is 3. The summed E-state index contributed by atoms with van der Waals surface area (Å²) in [5.74, 6) is 0. The maximum Gasteiger partial charge on any atom is 0.240 e. The number of nitrogens with one attached hydrogen (secondary N) is 1. The number of hydrogen-bond acceptors (Lipinski definition) is 5. The minimum atomic E-state index is -3.89. The number of aromatic nitrogens is 1. The van der Waals surface area contributed by atoms with Crippen LogP contribution in [0, 0.1) is 0 Å². The van der Waals surface area contributed by atoms with Crippen molar-refractivity contribution in [2.75, 3.05) is 12.3 Å². The van der Waals surface area contributed by atoms with Gasteiger partial charge in [0.05, 0.1) is 26.3 Å². The third-order valence-electron chi connectivity index (χ3n) is 2.86. The average Bonchev–Trinajstić information content (AvgIpc) is 2.50. The van der Waals surface area contributed by atoms with E-state index >= 15 is 0 Å². The highest BCUT2D eigenvalue weighted by molar-refractivity contribution is 7.89. The number of aliphatic hydroxyl groups excluding tert-OH is 1. The van der Waals surface area contributed by atoms with Gasteiger partial charge in [-0.3, -0.25) is 4.98 Å². The predicted octanol–water partition coefficient (Wildman–Crippen LogP) is 1.98. The highest BCUT2D eigenvalue weighted by Crippen LogP contribution is 2.30. The molecule has 4 N–H and O–H groups in total. The molecule has 1 aromatic carbocycles. The van der Waals surface area contributed by atoms with E-state index in [0.29, 0.717) is 5.69 Å². The molecule has 6 nitrogen and oxygen atoms in total. The van der Waals surface area contributed by atoms with Crippen molar-refractivity contribution in [3.05, 3.63) is 52.3 Å². The Morgan fingerprint density at radius 2 is 1.91 bits per heavy atom. The van der Waals surface area contributed by atoms with E-state index in [9.17, 15) is 13.5 Å². The van der Waals surface area contributed by atoms with Gasteiger partial charge in [0.2, 0.25) is 10.0 Å². The summed E-state index contributed by atoms with van der Waals surface area (Å²) in [6.07, 6.45) is 0.433. The SMILES string of the molecule is Nc1c(Cl)cc(S(=O)(=O)NC[C@H](O)c2ccccn2)cc1Cl. The number of nitrogens with zero attached hydrogens (tertiary/aromatic N) is 1. The summed E-state index contributed by atoms with van der Waals surface area (Å²) in [7, 11) is -3.89. The molecule has 0 aliphatic carbocycles. The van der Waals surface area contributed by atoms with Gasteiger partial charge in [-0.2, -0.15) is 0 Å². The van der Waals surface area contributed by atoms with Gasteiger partial charge in [0.15, 0.2) is 0 Å². The van der Waals surface area contributed by atoms with E-state index in [0.717, 1.165) is 0 Å². The van der Waals surface area contributed by atoms with Gasteiger partial charge in [0.1, 0.15) is 6.10 Å². The molecule has 118 valence electrons. The maximum atomic E-state index is 12.2. The molecular formula is C13H13Cl2N3O3S. The number of rotatable bonds is 5. The first-order valence-corrected chi connectivity index (χ1v) is 8.38. The van der Waals surface area contributed by atoms with Crippen LogP contribution in [0.3, 0.4) is 0 Å². The van der Waals surface area contributed by atoms with Gasteiger partial charge in [0, 0.05) is 12.7 Å². The lowest BCUT2D eigenvalue weighted by molar-refractivity contribution is 0.177. The van der Waals surface area contributed by atoms with Gasteiger partial charge < -0.3 is 10.8 Å². The van der Waals surface area contributed by atoms with E-state index in [1.165, 1.54) is 18.3 Å². The van der Waals surface area contributed by atoms with Crippen LogP contribution in [0.5, 0.6) is 0 Å². The smallest absolute Gasteiger partial charge is 0.240 e. The van der Waals surface area contributed by atoms with Crippen molar-refractivity contribution < 1.29 is 13.5 Å². The van der Waals surface area contributed by atoms with Crippen LogP contribution in [0.15, 0.2) is 41.4 Å². The highest BCUT2D eigenvalue weighted by atomic mass is 35.5. The van der Waals surface area contributed by atoms with Crippen LogP contribution in [0.2, 0.25) is 10.0 Å². The van der Waals surface area contributed by atoms with Gasteiger partial charge in [-0.15, -0.1) is 0 Å². The molecule has 0 bridgehead atoms. The molecular weight excluding hydrogens is 349 g/mol. The number of benzene rings is 1. The zero-order chi connectivity index (χ0) is 16.3. The lowest BCUT2D eigenvalue weighted by atomic mass is 10.2. The normalized spacial score (nSPS) is 13.0. The first-order chi connectivity index (χ1) is 10.3. The predicted molar refractivity (Wildman–Crippen MR) is 85.3 cm³/mol. The molecule has 0 fully saturated rings. The molecule has 2 rings (SSSR count). The van der Waals surface area contributed by atoms with E-state index in [2.05, 4.69) is 9.71 Å². The van der Waals surface area contributed by atoms with Gasteiger partial charge in [-0.1, -0.05) is 29.3 Å². The van der Waals surface area contributed by atoms with Crippen LogP contribution in [-0.4, -0.2) is 25.1 Å². The zero-order valence-electron chi connectivity index (χ0n) is 11.2. The Labute approximate surface area is 137 Å². The number of pyridine rings is 1. The fourth-order valence-electron chi connectivity index (χ4n) is 1.67. The highest BCUT2D eigenvalue weighted by Gasteiger charge is 2.19. The Balaban J connectivity index is 2.15. The maximum absolute atomic E-state index is 12.2. The number of nitrogen functional groups attached to an aromatic ring is 1. The summed E-state index contributed by atoms with van der Waals surface area (Å²) in [4.78, 5) is 3.81. The van der Waals surface area contributed by atoms with E-state index in [-0.39, 0.29) is 27.2 Å². The van der Waals surface area contributed by atoms with Gasteiger partial charge in [0.25, 0.3) is 0 Å². The van der Waals surface area contributed by atoms with Crippen LogP contribution in [0.25, 0.3) is 0 Å². The van der Waals surface area contributed by atoms with Crippen LogP contribution < -0.4 is 10.5 Å². The number of anilines is 1. The number of halogens is 2. The average molecular weight is 362 g/mol. The van der Waals surface area contributed by atoms with Crippen molar-refractivity contribution in [2.45, 2.75) is 11.0 Å². The number of sulfonamides is 1. The van der Waals surface area contributed by atoms with Crippen LogP contribution >= 0.6 is 23.2 Å². The van der Waals surface area contributed by atoms with E-state index in [4.69, 9.17) is 28.9 Å². The third-order valence-corrected chi connectivity index (χ3v) is 4.89. The first kappa shape index (κ1) is 17.0. The van der Waals surface area contributed by atoms with Crippen molar-refractivity contribution in [3.63, 3.8) is 0 Å². The summed E-state index contributed by atoms with van der Waals surface area (Å²) in [5, 5.41) is 10.0. The molecule has 0 saturated carbocycles. The minimum absolute atomic E-state index is 0.0400. The largest absolute Gasteiger partial charge is 0.396 e. The summed E-state index contributed by atoms with van der Waals surface area (Å²) < 4.78 is 26.6. The van der Waals surface area contributed by atoms with Crippen molar-refractivity contribution in [1.29, 1.82) is 0 Å². The molecule has 0 saturated heterocycles. The Morgan fingerprint density at radius 3 is 2.45 bits per heavy atom. The fraction of sp³-hybridized carbons (Fsp3) is 0.154. The van der Waals surface area contributed by atoms with Crippen molar-refractivity contribution >= 4 is 38.9 Å². The van der Waals surface area contributed by atoms with Crippen LogP contribution in [0.4, 0.5) is 5.69 Å². The molecule has 0 spiro atoms. The van der Waals surface area contributed by atoms with E-state index < -0.39 is 16.1 Å². The topological polar surface area (TPSA) is 105 Å². The second-order valence-corrected chi connectivity index (χ2v) is 7.00. The summed E-state index contributed by atoms with van der Waals surface area (Å²) in [6.45, 7) is -0.237. The Hall–Kier alpha value is -1.38. The monoisotopic (exact) mass is 361 g/mol. The lowest BCUT2D eigenvalue weighted by Crippen LogP contribution is -2.29. The van der Waals surface area contributed by atoms with Crippen LogP contribution in [0.1, 0.15) is 11.8 Å². The first-order valence-electron chi connectivity index (χ1n) is 6.14. The van der Waals surface area contributed by atoms with E-state index in [1.807, 2.05) is 0 Å². The molecule has 0 aliphatic rings. The molecule has 22 heavy (non-hydrogen) atoms. The van der Waals surface area contributed by atoms with Crippen molar-refractivity contribution in [2.24, 2.45) is 0 Å². The minimum Gasteiger partial charge on any atom is -0.396 e. The summed E-state index contributed by atoms with van der Waals surface area (Å²) in [5.41, 5.74) is 6.03. The summed E-state index contributed by atoms with van der Waals surface area (Å²) >= 11 is 11.6. The number of aliphatic hydroxyl groups is 1. The molecule has 2 aromatic rings. The summed E-state index contributed by atoms with van der Waals surface area (Å²) in [6, 6.07) is 7.37. The van der Waals surface area contributed by atoms with Gasteiger partial charge in [-0.05, 0) is 24.3 Å².